The number of ether oxygens (including phenoxy) is 1. The molecule has 0 amide bonds. The fourth-order valence-corrected chi connectivity index (χ4v) is 2.67. The van der Waals surface area contributed by atoms with Crippen molar-refractivity contribution in [2.45, 2.75) is 18.8 Å². The van der Waals surface area contributed by atoms with Crippen molar-refractivity contribution in [3.05, 3.63) is 23.2 Å². The van der Waals surface area contributed by atoms with Gasteiger partial charge in [0.15, 0.2) is 0 Å². The van der Waals surface area contributed by atoms with Gasteiger partial charge in [-0.25, -0.2) is 4.98 Å². The standard InChI is InChI=1S/C11H11NOS/c1-13-8-4-5-10-9(6-8)12-11(14-10)7-2-3-7/h4-7H,2-3H2,1H3. The predicted octanol–water partition coefficient (Wildman–Crippen LogP) is 3.18. The first-order valence-electron chi connectivity index (χ1n) is 4.81. The molecule has 2 nitrogen and oxygen atoms in total. The maximum atomic E-state index is 5.17. The Kier molecular flexibility index (Phi) is 1.74. The summed E-state index contributed by atoms with van der Waals surface area (Å²) in [7, 11) is 1.69. The highest BCUT2D eigenvalue weighted by atomic mass is 32.1. The van der Waals surface area contributed by atoms with Gasteiger partial charge in [0.1, 0.15) is 5.75 Å². The Morgan fingerprint density at radius 1 is 1.43 bits per heavy atom. The van der Waals surface area contributed by atoms with Crippen LogP contribution in [0.2, 0.25) is 0 Å². The van der Waals surface area contributed by atoms with Gasteiger partial charge in [-0.05, 0) is 25.0 Å². The van der Waals surface area contributed by atoms with E-state index in [1.807, 2.05) is 23.5 Å². The monoisotopic (exact) mass is 205 g/mol. The van der Waals surface area contributed by atoms with Gasteiger partial charge in [-0.15, -0.1) is 11.3 Å². The summed E-state index contributed by atoms with van der Waals surface area (Å²) in [6, 6.07) is 6.10. The molecule has 0 spiro atoms. The summed E-state index contributed by atoms with van der Waals surface area (Å²) in [6.07, 6.45) is 2.63. The lowest BCUT2D eigenvalue weighted by Gasteiger charge is -1.96. The molecule has 0 unspecified atom stereocenters. The zero-order chi connectivity index (χ0) is 9.54. The van der Waals surface area contributed by atoms with E-state index in [-0.39, 0.29) is 0 Å². The number of fused-ring (bicyclic) bond motifs is 1. The van der Waals surface area contributed by atoms with E-state index in [0.717, 1.165) is 17.2 Å². The second kappa shape index (κ2) is 2.95. The number of hydrogen-bond acceptors (Lipinski definition) is 3. The Labute approximate surface area is 86.5 Å². The van der Waals surface area contributed by atoms with E-state index in [0.29, 0.717) is 0 Å². The third kappa shape index (κ3) is 1.28. The zero-order valence-electron chi connectivity index (χ0n) is 7.99. The molecule has 0 bridgehead atoms. The van der Waals surface area contributed by atoms with Gasteiger partial charge in [0.25, 0.3) is 0 Å². The van der Waals surface area contributed by atoms with Gasteiger partial charge >= 0.3 is 0 Å². The van der Waals surface area contributed by atoms with Crippen LogP contribution in [-0.2, 0) is 0 Å². The van der Waals surface area contributed by atoms with E-state index >= 15 is 0 Å². The average molecular weight is 205 g/mol. The minimum atomic E-state index is 0.749. The van der Waals surface area contributed by atoms with Crippen LogP contribution in [0.3, 0.4) is 0 Å². The van der Waals surface area contributed by atoms with Gasteiger partial charge in [0.05, 0.1) is 22.3 Å². The quantitative estimate of drug-likeness (QED) is 0.751. The summed E-state index contributed by atoms with van der Waals surface area (Å²) in [4.78, 5) is 4.62. The van der Waals surface area contributed by atoms with Crippen molar-refractivity contribution in [2.24, 2.45) is 0 Å². The fourth-order valence-electron chi connectivity index (χ4n) is 1.56. The third-order valence-corrected chi connectivity index (χ3v) is 3.74. The second-order valence-electron chi connectivity index (χ2n) is 3.66. The molecule has 3 heteroatoms. The van der Waals surface area contributed by atoms with Crippen molar-refractivity contribution in [3.63, 3.8) is 0 Å². The maximum Gasteiger partial charge on any atom is 0.121 e. The van der Waals surface area contributed by atoms with Crippen LogP contribution in [0.15, 0.2) is 18.2 Å². The molecule has 0 atom stereocenters. The van der Waals surface area contributed by atoms with Crippen LogP contribution >= 0.6 is 11.3 Å². The number of thiazole rings is 1. The lowest BCUT2D eigenvalue weighted by atomic mass is 10.3. The first-order chi connectivity index (χ1) is 6.86. The number of nitrogens with zero attached hydrogens (tertiary/aromatic N) is 1. The summed E-state index contributed by atoms with van der Waals surface area (Å²) in [5, 5.41) is 1.30. The number of hydrogen-bond donors (Lipinski definition) is 0. The Morgan fingerprint density at radius 2 is 2.29 bits per heavy atom. The van der Waals surface area contributed by atoms with E-state index in [1.165, 1.54) is 22.5 Å². The Hall–Kier alpha value is -1.09. The van der Waals surface area contributed by atoms with Crippen LogP contribution in [0, 0.1) is 0 Å². The second-order valence-corrected chi connectivity index (χ2v) is 4.72. The van der Waals surface area contributed by atoms with Gasteiger partial charge in [-0.1, -0.05) is 0 Å². The van der Waals surface area contributed by atoms with Crippen molar-refractivity contribution in [1.82, 2.24) is 4.98 Å². The van der Waals surface area contributed by atoms with Crippen LogP contribution < -0.4 is 4.74 Å². The molecule has 72 valence electrons. The van der Waals surface area contributed by atoms with Gasteiger partial charge < -0.3 is 4.74 Å². The van der Waals surface area contributed by atoms with E-state index < -0.39 is 0 Å². The highest BCUT2D eigenvalue weighted by Gasteiger charge is 2.26. The van der Waals surface area contributed by atoms with Crippen LogP contribution in [-0.4, -0.2) is 12.1 Å². The molecule has 14 heavy (non-hydrogen) atoms. The van der Waals surface area contributed by atoms with E-state index in [2.05, 4.69) is 11.1 Å². The van der Waals surface area contributed by atoms with Gasteiger partial charge in [0, 0.05) is 12.0 Å². The molecule has 3 rings (SSSR count). The summed E-state index contributed by atoms with van der Waals surface area (Å²) in [6.45, 7) is 0. The highest BCUT2D eigenvalue weighted by molar-refractivity contribution is 7.18. The fraction of sp³-hybridized carbons (Fsp3) is 0.364. The van der Waals surface area contributed by atoms with Gasteiger partial charge in [-0.2, -0.15) is 0 Å². The van der Waals surface area contributed by atoms with Gasteiger partial charge in [0.2, 0.25) is 0 Å². The summed E-state index contributed by atoms with van der Waals surface area (Å²) in [5.41, 5.74) is 1.08. The van der Waals surface area contributed by atoms with Crippen molar-refractivity contribution in [2.75, 3.05) is 7.11 Å². The normalized spacial score (nSPS) is 16.1. The first-order valence-corrected chi connectivity index (χ1v) is 5.63. The Bertz CT molecular complexity index is 473. The van der Waals surface area contributed by atoms with Crippen molar-refractivity contribution < 1.29 is 4.74 Å². The van der Waals surface area contributed by atoms with Crippen molar-refractivity contribution in [3.8, 4) is 5.75 Å². The summed E-state index contributed by atoms with van der Waals surface area (Å²) < 4.78 is 6.44. The summed E-state index contributed by atoms with van der Waals surface area (Å²) in [5.74, 6) is 1.64. The number of aromatic nitrogens is 1. The van der Waals surface area contributed by atoms with Crippen LogP contribution in [0.5, 0.6) is 5.75 Å². The highest BCUT2D eigenvalue weighted by Crippen LogP contribution is 2.43. The lowest BCUT2D eigenvalue weighted by Crippen LogP contribution is -1.81. The molecule has 1 aromatic heterocycles. The SMILES string of the molecule is COc1ccc2sc(C3CC3)nc2c1. The minimum Gasteiger partial charge on any atom is -0.497 e. The van der Waals surface area contributed by atoms with Crippen LogP contribution in [0.25, 0.3) is 10.2 Å². The molecular weight excluding hydrogens is 194 g/mol. The molecule has 0 aliphatic heterocycles. The van der Waals surface area contributed by atoms with Crippen molar-refractivity contribution >= 4 is 21.6 Å². The van der Waals surface area contributed by atoms with Crippen molar-refractivity contribution in [1.29, 1.82) is 0 Å². The Balaban J connectivity index is 2.12. The molecule has 1 aliphatic carbocycles. The third-order valence-electron chi connectivity index (χ3n) is 2.54. The molecule has 1 aliphatic rings. The molecule has 0 N–H and O–H groups in total. The molecular formula is C11H11NOS. The van der Waals surface area contributed by atoms with Gasteiger partial charge in [-0.3, -0.25) is 0 Å². The molecule has 1 saturated carbocycles. The average Bonchev–Trinajstić information content (AvgIpc) is 2.97. The van der Waals surface area contributed by atoms with E-state index in [4.69, 9.17) is 4.74 Å². The number of methoxy groups -OCH3 is 1. The Morgan fingerprint density at radius 3 is 3.00 bits per heavy atom. The summed E-state index contributed by atoms with van der Waals surface area (Å²) >= 11 is 1.82. The molecule has 2 aromatic rings. The number of benzene rings is 1. The molecule has 1 heterocycles. The van der Waals surface area contributed by atoms with Crippen LogP contribution in [0.1, 0.15) is 23.8 Å². The van der Waals surface area contributed by atoms with Crippen LogP contribution in [0.4, 0.5) is 0 Å². The molecule has 1 fully saturated rings. The molecule has 0 saturated heterocycles. The smallest absolute Gasteiger partial charge is 0.121 e. The minimum absolute atomic E-state index is 0.749. The topological polar surface area (TPSA) is 22.1 Å². The van der Waals surface area contributed by atoms with E-state index in [1.54, 1.807) is 7.11 Å². The maximum absolute atomic E-state index is 5.17. The lowest BCUT2D eigenvalue weighted by molar-refractivity contribution is 0.415. The number of rotatable bonds is 2. The molecule has 0 radical (unpaired) electrons. The van der Waals surface area contributed by atoms with E-state index in [9.17, 15) is 0 Å². The first kappa shape index (κ1) is 8.24. The molecule has 1 aromatic carbocycles. The zero-order valence-corrected chi connectivity index (χ0v) is 8.80. The largest absolute Gasteiger partial charge is 0.497 e. The predicted molar refractivity (Wildman–Crippen MR) is 58.1 cm³/mol.